The summed E-state index contributed by atoms with van der Waals surface area (Å²) in [5.74, 6) is 7.38. The zero-order valence-corrected chi connectivity index (χ0v) is 10.4. The van der Waals surface area contributed by atoms with Crippen LogP contribution in [0.1, 0.15) is 6.92 Å². The Morgan fingerprint density at radius 2 is 1.50 bits per heavy atom. The summed E-state index contributed by atoms with van der Waals surface area (Å²) in [6.07, 6.45) is 0. The Hall–Kier alpha value is -0.181. The summed E-state index contributed by atoms with van der Waals surface area (Å²) in [6, 6.07) is 0. The van der Waals surface area contributed by atoms with Gasteiger partial charge in [0.15, 0.2) is 0 Å². The van der Waals surface area contributed by atoms with Gasteiger partial charge in [-0.25, -0.2) is 0 Å². The number of hydrogen-bond acceptors (Lipinski definition) is 0. The Kier molecular flexibility index (Phi) is 0.145. The van der Waals surface area contributed by atoms with Crippen LogP contribution in [0.25, 0.3) is 0 Å². The molecule has 0 radical (unpaired) electrons. The van der Waals surface area contributed by atoms with Crippen LogP contribution in [0, 0.1) is 11.8 Å². The Morgan fingerprint density at radius 3 is 1.75 bits per heavy atom. The van der Waals surface area contributed by atoms with Crippen LogP contribution in [-0.4, -0.2) is 0 Å². The minimum absolute atomic E-state index is 0.804. The van der Waals surface area contributed by atoms with E-state index in [4.69, 9.17) is 0 Å². The van der Waals surface area contributed by atoms with Crippen molar-refractivity contribution in [3.63, 3.8) is 0 Å². The SMILES string of the molecule is C=C(C)C#C[C]12[CH]3[CH]4[CH]5[CH]1[Fe]45321678[CH]2[CH]1[CH]6[CH]7[CH]28. The van der Waals surface area contributed by atoms with Crippen LogP contribution >= 0.6 is 0 Å². The van der Waals surface area contributed by atoms with E-state index in [1.54, 1.807) is 0 Å². The Bertz CT molecular complexity index is 968. The molecular weight excluding hydrogens is 236 g/mol. The number of fused-ring (bicyclic) bond motifs is 10. The molecule has 10 heterocycles. The molecule has 10 aliphatic rings. The second-order valence-electron chi connectivity index (χ2n) is 10.7. The fraction of sp³-hybridized carbons (Fsp3) is 0.733. The van der Waals surface area contributed by atoms with Gasteiger partial charge in [-0.05, 0) is 0 Å². The third-order valence-corrected chi connectivity index (χ3v) is 57.3. The fourth-order valence-corrected chi connectivity index (χ4v) is 89.7. The van der Waals surface area contributed by atoms with Gasteiger partial charge >= 0.3 is 85.1 Å². The fourth-order valence-electron chi connectivity index (χ4n) is 16.7. The number of rotatable bonds is 0. The normalized spacial score (nSPS) is 125. The predicted octanol–water partition coefficient (Wildman–Crippen LogP) is 4.33. The van der Waals surface area contributed by atoms with Crippen molar-refractivity contribution in [2.75, 3.05) is 0 Å². The van der Waals surface area contributed by atoms with Gasteiger partial charge in [0.05, 0.1) is 0 Å². The van der Waals surface area contributed by atoms with Gasteiger partial charge in [0, 0.05) is 0 Å². The van der Waals surface area contributed by atoms with Gasteiger partial charge in [-0.15, -0.1) is 0 Å². The average Bonchev–Trinajstić information content (AvgIpc) is 3.20. The van der Waals surface area contributed by atoms with Crippen molar-refractivity contribution >= 4 is 0 Å². The van der Waals surface area contributed by atoms with Crippen LogP contribution in [0.15, 0.2) is 12.2 Å². The van der Waals surface area contributed by atoms with Gasteiger partial charge in [-0.3, -0.25) is 0 Å². The van der Waals surface area contributed by atoms with Crippen molar-refractivity contribution in [3.8, 4) is 11.8 Å². The van der Waals surface area contributed by atoms with Gasteiger partial charge in [0.2, 0.25) is 0 Å². The van der Waals surface area contributed by atoms with E-state index in [0.29, 0.717) is 0 Å². The zero-order chi connectivity index (χ0) is 10.0. The summed E-state index contributed by atoms with van der Waals surface area (Å²) in [4.78, 5) is 12.6. The molecule has 0 aliphatic carbocycles. The topological polar surface area (TPSA) is 0 Å². The van der Waals surface area contributed by atoms with E-state index in [0.717, 1.165) is 9.89 Å². The molecule has 0 amide bonds. The standard InChI is InChI=1S/C10H9.C5H5.Fe/c1-9(2)7-8-10-5-3-4-6-10;1-2-4-5-3-1;/h3-6H,1H2,2H3;1-5H;. The van der Waals surface area contributed by atoms with E-state index in [1.165, 1.54) is 43.3 Å². The van der Waals surface area contributed by atoms with E-state index >= 15 is 0 Å². The maximum absolute atomic E-state index is 4.01. The van der Waals surface area contributed by atoms with Crippen molar-refractivity contribution in [3.05, 3.63) is 12.2 Å². The monoisotopic (exact) mass is 250 g/mol. The van der Waals surface area contributed by atoms with E-state index in [-0.39, 0.29) is 0 Å². The summed E-state index contributed by atoms with van der Waals surface area (Å²) in [5, 5.41) is 0. The second-order valence-corrected chi connectivity index (χ2v) is 34.3. The predicted molar refractivity (Wildman–Crippen MR) is 59.0 cm³/mol. The maximum atomic E-state index is 4.01. The van der Waals surface area contributed by atoms with Gasteiger partial charge in [-0.1, -0.05) is 0 Å². The molecule has 10 saturated heterocycles. The molecule has 0 nitrogen and oxygen atoms in total. The molecule has 4 atom stereocenters. The van der Waals surface area contributed by atoms with E-state index < -0.39 is 6.51 Å². The van der Waals surface area contributed by atoms with Gasteiger partial charge in [0.1, 0.15) is 0 Å². The molecule has 0 saturated carbocycles. The Labute approximate surface area is 85.1 Å². The third-order valence-electron chi connectivity index (χ3n) is 15.1. The van der Waals surface area contributed by atoms with Crippen LogP contribution in [0.2, 0.25) is 47.7 Å². The van der Waals surface area contributed by atoms with E-state index in [9.17, 15) is 0 Å². The molecular formula is C15H14Fe. The van der Waals surface area contributed by atoms with Crippen LogP contribution in [0.4, 0.5) is 0 Å². The average molecular weight is 250 g/mol. The van der Waals surface area contributed by atoms with Crippen molar-refractivity contribution in [2.45, 2.75) is 54.6 Å². The summed E-state index contributed by atoms with van der Waals surface area (Å²) in [6.45, 7) is 3.28. The van der Waals surface area contributed by atoms with Crippen LogP contribution in [0.3, 0.4) is 0 Å². The van der Waals surface area contributed by atoms with Crippen LogP contribution < -0.4 is 0 Å². The first-order valence-electron chi connectivity index (χ1n) is 6.86. The molecule has 0 aromatic rings. The summed E-state index contributed by atoms with van der Waals surface area (Å²) >= 11 is 0. The number of allylic oxidation sites excluding steroid dienone is 1. The minimum atomic E-state index is -2.82. The van der Waals surface area contributed by atoms with E-state index in [1.807, 2.05) is 0 Å². The van der Waals surface area contributed by atoms with E-state index in [2.05, 4.69) is 25.3 Å². The van der Waals surface area contributed by atoms with Crippen molar-refractivity contribution in [1.29, 1.82) is 0 Å². The zero-order valence-electron chi connectivity index (χ0n) is 9.26. The van der Waals surface area contributed by atoms with Crippen molar-refractivity contribution < 1.29 is 6.51 Å². The molecule has 4 unspecified atom stereocenters. The van der Waals surface area contributed by atoms with Crippen molar-refractivity contribution in [2.24, 2.45) is 0 Å². The van der Waals surface area contributed by atoms with Gasteiger partial charge in [-0.2, -0.15) is 0 Å². The van der Waals surface area contributed by atoms with Gasteiger partial charge < -0.3 is 0 Å². The molecule has 0 N–H and O–H groups in total. The number of hydrogen-bond donors (Lipinski definition) is 0. The first kappa shape index (κ1) is 5.64. The van der Waals surface area contributed by atoms with Crippen LogP contribution in [0.5, 0.6) is 0 Å². The first-order valence-corrected chi connectivity index (χ1v) is 13.2. The molecule has 10 rings (SSSR count). The molecule has 0 aromatic carbocycles. The molecule has 82 valence electrons. The molecule has 0 aromatic heterocycles. The third kappa shape index (κ3) is 0.0474. The summed E-state index contributed by atoms with van der Waals surface area (Å²) < 4.78 is 0.804. The van der Waals surface area contributed by atoms with Crippen LogP contribution in [-0.2, 0) is 6.51 Å². The molecule has 16 heavy (non-hydrogen) atoms. The Morgan fingerprint density at radius 1 is 1.00 bits per heavy atom. The molecule has 0 bridgehead atoms. The van der Waals surface area contributed by atoms with Gasteiger partial charge in [0.25, 0.3) is 0 Å². The molecule has 10 fully saturated rings. The molecule has 1 heteroatoms. The second kappa shape index (κ2) is 0.413. The summed E-state index contributed by atoms with van der Waals surface area (Å²) in [5.41, 5.74) is 1.12. The quantitative estimate of drug-likeness (QED) is 0.443. The van der Waals surface area contributed by atoms with Crippen molar-refractivity contribution in [1.82, 2.24) is 0 Å². The molecule has 10 aliphatic heterocycles. The first-order chi connectivity index (χ1) is 7.46. The Balaban J connectivity index is 1.67. The summed E-state index contributed by atoms with van der Waals surface area (Å²) in [7, 11) is 0. The molecule has 1 spiro atoms.